The van der Waals surface area contributed by atoms with E-state index in [9.17, 15) is 18.0 Å². The normalized spacial score (nSPS) is 21.0. The molecule has 1 atom stereocenters. The van der Waals surface area contributed by atoms with E-state index < -0.39 is 33.9 Å². The summed E-state index contributed by atoms with van der Waals surface area (Å²) in [7, 11) is -3.12. The summed E-state index contributed by atoms with van der Waals surface area (Å²) in [6.07, 6.45) is 2.81. The van der Waals surface area contributed by atoms with Gasteiger partial charge in [0.25, 0.3) is 5.91 Å². The van der Waals surface area contributed by atoms with E-state index in [1.807, 2.05) is 20.1 Å². The van der Waals surface area contributed by atoms with Crippen molar-refractivity contribution in [3.05, 3.63) is 17.0 Å². The Balaban J connectivity index is 1.81. The highest BCUT2D eigenvalue weighted by atomic mass is 32.2. The number of hydrogen-bond donors (Lipinski definition) is 1. The van der Waals surface area contributed by atoms with Crippen molar-refractivity contribution < 1.29 is 22.7 Å². The molecule has 0 aliphatic carbocycles. The first-order valence-electron chi connectivity index (χ1n) is 8.59. The van der Waals surface area contributed by atoms with Crippen molar-refractivity contribution in [1.29, 1.82) is 0 Å². The lowest BCUT2D eigenvalue weighted by atomic mass is 10.0. The first-order valence-corrected chi connectivity index (χ1v) is 11.6. The SMILES string of the molecule is CSc1nc(C)c(CCC(=O)OCC(=O)N[C@@]2(C)CCS(=O)(=O)C2)c(C)n1. The topological polar surface area (TPSA) is 115 Å². The summed E-state index contributed by atoms with van der Waals surface area (Å²) in [4.78, 5) is 32.6. The van der Waals surface area contributed by atoms with Gasteiger partial charge in [-0.15, -0.1) is 0 Å². The lowest BCUT2D eigenvalue weighted by molar-refractivity contribution is -0.148. The number of sulfone groups is 1. The van der Waals surface area contributed by atoms with Gasteiger partial charge in [0.1, 0.15) is 0 Å². The van der Waals surface area contributed by atoms with Crippen molar-refractivity contribution in [2.75, 3.05) is 24.4 Å². The summed E-state index contributed by atoms with van der Waals surface area (Å²) in [5, 5.41) is 3.34. The summed E-state index contributed by atoms with van der Waals surface area (Å²) >= 11 is 1.46. The van der Waals surface area contributed by atoms with Crippen LogP contribution < -0.4 is 5.32 Å². The maximum atomic E-state index is 12.0. The average Bonchev–Trinajstić information content (AvgIpc) is 2.84. The molecular formula is C17H25N3O5S2. The molecule has 1 saturated heterocycles. The van der Waals surface area contributed by atoms with E-state index >= 15 is 0 Å². The average molecular weight is 416 g/mol. The molecule has 27 heavy (non-hydrogen) atoms. The standard InChI is InChI=1S/C17H25N3O5S2/c1-11-13(12(2)19-16(18-11)26-4)5-6-15(22)25-9-14(21)20-17(3)7-8-27(23,24)10-17/h5-10H2,1-4H3,(H,20,21)/t17-/m0/s1. The van der Waals surface area contributed by atoms with Gasteiger partial charge < -0.3 is 10.1 Å². The minimum Gasteiger partial charge on any atom is -0.456 e. The Morgan fingerprint density at radius 3 is 2.41 bits per heavy atom. The molecule has 1 N–H and O–H groups in total. The monoisotopic (exact) mass is 415 g/mol. The number of ether oxygens (including phenoxy) is 1. The van der Waals surface area contributed by atoms with Crippen molar-refractivity contribution >= 4 is 33.5 Å². The molecule has 0 unspecified atom stereocenters. The molecule has 0 radical (unpaired) electrons. The molecule has 150 valence electrons. The smallest absolute Gasteiger partial charge is 0.306 e. The minimum absolute atomic E-state index is 0.0552. The second-order valence-corrected chi connectivity index (χ2v) is 9.93. The zero-order chi connectivity index (χ0) is 20.2. The van der Waals surface area contributed by atoms with Crippen LogP contribution in [0.1, 0.15) is 36.7 Å². The third-order valence-electron chi connectivity index (χ3n) is 4.47. The van der Waals surface area contributed by atoms with Crippen LogP contribution in [0.15, 0.2) is 5.16 Å². The molecule has 1 fully saturated rings. The Kier molecular flexibility index (Phi) is 6.85. The van der Waals surface area contributed by atoms with E-state index in [0.29, 0.717) is 18.0 Å². The number of nitrogens with zero attached hydrogens (tertiary/aromatic N) is 2. The van der Waals surface area contributed by atoms with Crippen molar-refractivity contribution in [3.63, 3.8) is 0 Å². The van der Waals surface area contributed by atoms with Gasteiger partial charge >= 0.3 is 5.97 Å². The molecular weight excluding hydrogens is 390 g/mol. The van der Waals surface area contributed by atoms with Gasteiger partial charge in [0.05, 0.1) is 17.0 Å². The molecule has 2 heterocycles. The van der Waals surface area contributed by atoms with Crippen LogP contribution in [0.25, 0.3) is 0 Å². The fourth-order valence-electron chi connectivity index (χ4n) is 3.09. The summed E-state index contributed by atoms with van der Waals surface area (Å²) in [5.74, 6) is -1.03. The van der Waals surface area contributed by atoms with Gasteiger partial charge in [0.2, 0.25) is 0 Å². The van der Waals surface area contributed by atoms with Gasteiger partial charge in [0, 0.05) is 17.8 Å². The number of carbonyl (C=O) groups excluding carboxylic acids is 2. The van der Waals surface area contributed by atoms with Crippen LogP contribution in [0, 0.1) is 13.8 Å². The van der Waals surface area contributed by atoms with E-state index in [1.165, 1.54) is 11.8 Å². The van der Waals surface area contributed by atoms with Gasteiger partial charge in [-0.25, -0.2) is 18.4 Å². The second kappa shape index (κ2) is 8.55. The first-order chi connectivity index (χ1) is 12.5. The number of amides is 1. The zero-order valence-electron chi connectivity index (χ0n) is 16.0. The number of carbonyl (C=O) groups is 2. The van der Waals surface area contributed by atoms with Crippen molar-refractivity contribution in [2.45, 2.75) is 50.7 Å². The number of thioether (sulfide) groups is 1. The van der Waals surface area contributed by atoms with Crippen molar-refractivity contribution in [2.24, 2.45) is 0 Å². The number of nitrogens with one attached hydrogen (secondary N) is 1. The predicted octanol–water partition coefficient (Wildman–Crippen LogP) is 0.985. The van der Waals surface area contributed by atoms with Crippen LogP contribution in [-0.4, -0.2) is 60.2 Å². The summed E-state index contributed by atoms with van der Waals surface area (Å²) in [5.41, 5.74) is 1.76. The summed E-state index contributed by atoms with van der Waals surface area (Å²) in [6, 6.07) is 0. The van der Waals surface area contributed by atoms with E-state index in [-0.39, 0.29) is 17.9 Å². The largest absolute Gasteiger partial charge is 0.456 e. The Labute approximate surface area is 163 Å². The van der Waals surface area contributed by atoms with Crippen molar-refractivity contribution in [3.8, 4) is 0 Å². The van der Waals surface area contributed by atoms with Gasteiger partial charge in [0.15, 0.2) is 21.6 Å². The first kappa shape index (κ1) is 21.6. The fraction of sp³-hybridized carbons (Fsp3) is 0.647. The van der Waals surface area contributed by atoms with E-state index in [2.05, 4.69) is 15.3 Å². The van der Waals surface area contributed by atoms with Gasteiger partial charge in [-0.05, 0) is 45.4 Å². The Morgan fingerprint density at radius 2 is 1.89 bits per heavy atom. The molecule has 0 spiro atoms. The molecule has 1 aromatic heterocycles. The minimum atomic E-state index is -3.12. The molecule has 8 nitrogen and oxygen atoms in total. The van der Waals surface area contributed by atoms with Crippen molar-refractivity contribution in [1.82, 2.24) is 15.3 Å². The van der Waals surface area contributed by atoms with Crippen LogP contribution in [0.5, 0.6) is 0 Å². The Bertz CT molecular complexity index is 818. The fourth-order valence-corrected chi connectivity index (χ4v) is 5.64. The Morgan fingerprint density at radius 1 is 1.26 bits per heavy atom. The Hall–Kier alpha value is -1.68. The highest BCUT2D eigenvalue weighted by Gasteiger charge is 2.39. The maximum Gasteiger partial charge on any atom is 0.306 e. The number of esters is 1. The molecule has 0 bridgehead atoms. The van der Waals surface area contributed by atoms with Crippen LogP contribution in [-0.2, 0) is 30.6 Å². The highest BCUT2D eigenvalue weighted by molar-refractivity contribution is 7.98. The number of rotatable bonds is 7. The van der Waals surface area contributed by atoms with Crippen LogP contribution in [0.4, 0.5) is 0 Å². The third-order valence-corrected chi connectivity index (χ3v) is 6.92. The van der Waals surface area contributed by atoms with Gasteiger partial charge in [-0.1, -0.05) is 11.8 Å². The maximum absolute atomic E-state index is 12.0. The third kappa shape index (κ3) is 6.17. The molecule has 1 aromatic rings. The van der Waals surface area contributed by atoms with E-state index in [0.717, 1.165) is 17.0 Å². The summed E-state index contributed by atoms with van der Waals surface area (Å²) < 4.78 is 28.1. The quantitative estimate of drug-likeness (QED) is 0.398. The summed E-state index contributed by atoms with van der Waals surface area (Å²) in [6.45, 7) is 5.01. The second-order valence-electron chi connectivity index (χ2n) is 6.97. The van der Waals surface area contributed by atoms with Crippen LogP contribution in [0.3, 0.4) is 0 Å². The molecule has 2 rings (SSSR count). The van der Waals surface area contributed by atoms with E-state index in [4.69, 9.17) is 4.74 Å². The van der Waals surface area contributed by atoms with Gasteiger partial charge in [-0.3, -0.25) is 9.59 Å². The molecule has 0 saturated carbocycles. The number of aromatic nitrogens is 2. The molecule has 1 aliphatic rings. The highest BCUT2D eigenvalue weighted by Crippen LogP contribution is 2.22. The predicted molar refractivity (Wildman–Crippen MR) is 102 cm³/mol. The van der Waals surface area contributed by atoms with Crippen LogP contribution >= 0.6 is 11.8 Å². The molecule has 1 amide bonds. The number of hydrogen-bond acceptors (Lipinski definition) is 8. The zero-order valence-corrected chi connectivity index (χ0v) is 17.6. The molecule has 0 aromatic carbocycles. The van der Waals surface area contributed by atoms with Crippen LogP contribution in [0.2, 0.25) is 0 Å². The van der Waals surface area contributed by atoms with Gasteiger partial charge in [-0.2, -0.15) is 0 Å². The number of aryl methyl sites for hydroxylation is 2. The molecule has 1 aliphatic heterocycles. The van der Waals surface area contributed by atoms with E-state index in [1.54, 1.807) is 6.92 Å². The lowest BCUT2D eigenvalue weighted by Crippen LogP contribution is -2.48. The lowest BCUT2D eigenvalue weighted by Gasteiger charge is -2.23. The molecule has 10 heteroatoms.